The number of aromatic nitrogens is 3. The van der Waals surface area contributed by atoms with E-state index in [0.29, 0.717) is 5.92 Å². The molecule has 1 aliphatic carbocycles. The van der Waals surface area contributed by atoms with E-state index in [1.807, 2.05) is 0 Å². The maximum absolute atomic E-state index is 4.65. The highest BCUT2D eigenvalue weighted by Crippen LogP contribution is 2.53. The number of hydrogen-bond acceptors (Lipinski definition) is 3. The minimum absolute atomic E-state index is 0.0730. The minimum Gasteiger partial charge on any atom is -0.341 e. The number of benzene rings is 2. The fourth-order valence-electron chi connectivity index (χ4n) is 4.67. The predicted molar refractivity (Wildman–Crippen MR) is 108 cm³/mol. The lowest BCUT2D eigenvalue weighted by Crippen LogP contribution is -2.35. The van der Waals surface area contributed by atoms with E-state index < -0.39 is 0 Å². The van der Waals surface area contributed by atoms with Crippen molar-refractivity contribution in [1.82, 2.24) is 14.8 Å². The first-order chi connectivity index (χ1) is 13.3. The number of hydrogen-bond donors (Lipinski definition) is 0. The second kappa shape index (κ2) is 6.52. The molecular formula is C23H26N4. The summed E-state index contributed by atoms with van der Waals surface area (Å²) in [5, 5.41) is 9.26. The van der Waals surface area contributed by atoms with E-state index in [9.17, 15) is 0 Å². The highest BCUT2D eigenvalue weighted by molar-refractivity contribution is 5.43. The van der Waals surface area contributed by atoms with Gasteiger partial charge in [0.15, 0.2) is 0 Å². The molecule has 138 valence electrons. The lowest BCUT2D eigenvalue weighted by atomic mass is 9.90. The number of nitrogens with zero attached hydrogens (tertiary/aromatic N) is 4. The van der Waals surface area contributed by atoms with Gasteiger partial charge in [0.2, 0.25) is 5.95 Å². The zero-order valence-corrected chi connectivity index (χ0v) is 15.9. The molecule has 0 N–H and O–H groups in total. The minimum atomic E-state index is 0.0730. The molecule has 2 aliphatic rings. The Kier molecular flexibility index (Phi) is 4.00. The van der Waals surface area contributed by atoms with Gasteiger partial charge in [-0.25, -0.2) is 0 Å². The maximum atomic E-state index is 4.65. The smallest absolute Gasteiger partial charge is 0.226 e. The quantitative estimate of drug-likeness (QED) is 0.698. The van der Waals surface area contributed by atoms with Gasteiger partial charge in [-0.15, -0.1) is 10.2 Å². The first-order valence-electron chi connectivity index (χ1n) is 10.0. The molecule has 0 spiro atoms. The molecular weight excluding hydrogens is 332 g/mol. The van der Waals surface area contributed by atoms with E-state index in [4.69, 9.17) is 0 Å². The fraction of sp³-hybridized carbons (Fsp3) is 0.391. The summed E-state index contributed by atoms with van der Waals surface area (Å²) in [7, 11) is 2.14. The monoisotopic (exact) mass is 358 g/mol. The van der Waals surface area contributed by atoms with Crippen LogP contribution in [0.25, 0.3) is 0 Å². The van der Waals surface area contributed by atoms with Crippen LogP contribution >= 0.6 is 0 Å². The summed E-state index contributed by atoms with van der Waals surface area (Å²) in [6, 6.07) is 21.7. The van der Waals surface area contributed by atoms with Crippen molar-refractivity contribution in [2.75, 3.05) is 18.0 Å². The van der Waals surface area contributed by atoms with Gasteiger partial charge in [0.1, 0.15) is 5.82 Å². The van der Waals surface area contributed by atoms with Crippen molar-refractivity contribution in [2.24, 2.45) is 7.05 Å². The van der Waals surface area contributed by atoms with E-state index in [0.717, 1.165) is 24.9 Å². The topological polar surface area (TPSA) is 34.0 Å². The van der Waals surface area contributed by atoms with E-state index in [1.54, 1.807) is 0 Å². The summed E-state index contributed by atoms with van der Waals surface area (Å²) in [6.07, 6.45) is 4.68. The summed E-state index contributed by atoms with van der Waals surface area (Å²) < 4.78 is 2.24. The molecule has 0 bridgehead atoms. The van der Waals surface area contributed by atoms with Crippen LogP contribution in [-0.2, 0) is 12.5 Å². The molecule has 0 atom stereocenters. The Balaban J connectivity index is 1.35. The van der Waals surface area contributed by atoms with Gasteiger partial charge >= 0.3 is 0 Å². The van der Waals surface area contributed by atoms with Crippen molar-refractivity contribution in [3.05, 3.63) is 77.6 Å². The second-order valence-electron chi connectivity index (χ2n) is 8.00. The van der Waals surface area contributed by atoms with Crippen molar-refractivity contribution < 1.29 is 0 Å². The van der Waals surface area contributed by atoms with Crippen LogP contribution in [0, 0.1) is 0 Å². The third kappa shape index (κ3) is 2.84. The van der Waals surface area contributed by atoms with Crippen molar-refractivity contribution in [3.8, 4) is 0 Å². The molecule has 1 saturated carbocycles. The SMILES string of the molecule is Cn1c(N2CCC(c3ccccc3)CC2)nnc1C1(c2ccccc2)CC1. The van der Waals surface area contributed by atoms with Crippen molar-refractivity contribution in [2.45, 2.75) is 37.0 Å². The van der Waals surface area contributed by atoms with Gasteiger partial charge in [-0.1, -0.05) is 60.7 Å². The summed E-state index contributed by atoms with van der Waals surface area (Å²) in [6.45, 7) is 2.09. The molecule has 2 aromatic carbocycles. The summed E-state index contributed by atoms with van der Waals surface area (Å²) >= 11 is 0. The van der Waals surface area contributed by atoms with Gasteiger partial charge in [0, 0.05) is 20.1 Å². The Morgan fingerprint density at radius 3 is 2.11 bits per heavy atom. The van der Waals surface area contributed by atoms with Crippen LogP contribution in [0.15, 0.2) is 60.7 Å². The molecule has 3 aromatic rings. The molecule has 5 rings (SSSR count). The third-order valence-electron chi connectivity index (χ3n) is 6.41. The summed E-state index contributed by atoms with van der Waals surface area (Å²) in [5.41, 5.74) is 2.91. The zero-order chi connectivity index (χ0) is 18.3. The molecule has 2 fully saturated rings. The van der Waals surface area contributed by atoms with E-state index in [-0.39, 0.29) is 5.41 Å². The summed E-state index contributed by atoms with van der Waals surface area (Å²) in [5.74, 6) is 2.81. The molecule has 0 radical (unpaired) electrons. The maximum Gasteiger partial charge on any atom is 0.226 e. The molecule has 1 aromatic heterocycles. The van der Waals surface area contributed by atoms with Gasteiger partial charge < -0.3 is 4.90 Å². The Bertz CT molecular complexity index is 904. The van der Waals surface area contributed by atoms with Crippen LogP contribution in [0.3, 0.4) is 0 Å². The highest BCUT2D eigenvalue weighted by atomic mass is 15.4. The third-order valence-corrected chi connectivity index (χ3v) is 6.41. The molecule has 0 unspecified atom stereocenters. The van der Waals surface area contributed by atoms with Gasteiger partial charge in [0.25, 0.3) is 0 Å². The van der Waals surface area contributed by atoms with Crippen LogP contribution in [-0.4, -0.2) is 27.9 Å². The zero-order valence-electron chi connectivity index (χ0n) is 15.9. The Morgan fingerprint density at radius 1 is 0.852 bits per heavy atom. The van der Waals surface area contributed by atoms with Crippen LogP contribution in [0.4, 0.5) is 5.95 Å². The average Bonchev–Trinajstić information content (AvgIpc) is 3.46. The van der Waals surface area contributed by atoms with Gasteiger partial charge in [-0.05, 0) is 42.7 Å². The van der Waals surface area contributed by atoms with Gasteiger partial charge in [-0.3, -0.25) is 4.57 Å². The van der Waals surface area contributed by atoms with Gasteiger partial charge in [0.05, 0.1) is 5.41 Å². The van der Waals surface area contributed by atoms with E-state index in [2.05, 4.69) is 87.4 Å². The van der Waals surface area contributed by atoms with Crippen molar-refractivity contribution >= 4 is 5.95 Å². The van der Waals surface area contributed by atoms with Crippen LogP contribution in [0.5, 0.6) is 0 Å². The largest absolute Gasteiger partial charge is 0.341 e. The Morgan fingerprint density at radius 2 is 1.48 bits per heavy atom. The molecule has 4 nitrogen and oxygen atoms in total. The molecule has 27 heavy (non-hydrogen) atoms. The number of anilines is 1. The van der Waals surface area contributed by atoms with Crippen LogP contribution in [0.2, 0.25) is 0 Å². The fourth-order valence-corrected chi connectivity index (χ4v) is 4.67. The van der Waals surface area contributed by atoms with Crippen LogP contribution in [0.1, 0.15) is 48.6 Å². The Labute approximate surface area is 160 Å². The molecule has 1 aliphatic heterocycles. The standard InChI is InChI=1S/C23H26N4/c1-26-21(23(14-15-23)20-10-6-3-7-11-20)24-25-22(26)27-16-12-19(13-17-27)18-8-4-2-5-9-18/h2-11,19H,12-17H2,1H3. The second-order valence-corrected chi connectivity index (χ2v) is 8.00. The highest BCUT2D eigenvalue weighted by Gasteiger charge is 2.50. The lowest BCUT2D eigenvalue weighted by Gasteiger charge is -2.32. The lowest BCUT2D eigenvalue weighted by molar-refractivity contribution is 0.495. The number of rotatable bonds is 4. The Hall–Kier alpha value is -2.62. The van der Waals surface area contributed by atoms with Gasteiger partial charge in [-0.2, -0.15) is 0 Å². The first-order valence-corrected chi connectivity index (χ1v) is 10.0. The molecule has 2 heterocycles. The van der Waals surface area contributed by atoms with Crippen molar-refractivity contribution in [3.63, 3.8) is 0 Å². The molecule has 0 amide bonds. The summed E-state index contributed by atoms with van der Waals surface area (Å²) in [4.78, 5) is 2.41. The number of piperidine rings is 1. The van der Waals surface area contributed by atoms with E-state index >= 15 is 0 Å². The van der Waals surface area contributed by atoms with Crippen LogP contribution < -0.4 is 4.90 Å². The average molecular weight is 358 g/mol. The predicted octanol–water partition coefficient (Wildman–Crippen LogP) is 4.28. The normalized spacial score (nSPS) is 19.2. The van der Waals surface area contributed by atoms with Crippen molar-refractivity contribution in [1.29, 1.82) is 0 Å². The van der Waals surface area contributed by atoms with E-state index in [1.165, 1.54) is 36.8 Å². The molecule has 4 heteroatoms. The molecule has 1 saturated heterocycles. The first kappa shape index (κ1) is 16.5.